The molecule has 0 unspecified atom stereocenters. The maximum absolute atomic E-state index is 12.9. The van der Waals surface area contributed by atoms with Crippen molar-refractivity contribution in [3.63, 3.8) is 0 Å². The number of halogens is 1. The van der Waals surface area contributed by atoms with Gasteiger partial charge in [-0.25, -0.2) is 4.98 Å². The average molecular weight is 448 g/mol. The number of piperidine rings is 1. The Morgan fingerprint density at radius 2 is 1.90 bits per heavy atom. The van der Waals surface area contributed by atoms with E-state index in [9.17, 15) is 9.59 Å². The van der Waals surface area contributed by atoms with Crippen LogP contribution in [0.5, 0.6) is 5.75 Å². The Hall–Kier alpha value is -2.58. The number of likely N-dealkylation sites (tertiary alicyclic amines) is 1. The first-order valence-corrected chi connectivity index (χ1v) is 10.9. The molecule has 1 aromatic heterocycles. The molecule has 0 spiro atoms. The molecule has 3 heterocycles. The number of hydrogen-bond acceptors (Lipinski definition) is 6. The molecule has 0 aliphatic carbocycles. The normalized spacial score (nSPS) is 21.7. The number of rotatable bonds is 5. The zero-order chi connectivity index (χ0) is 21.8. The third-order valence-corrected chi connectivity index (χ3v) is 5.94. The van der Waals surface area contributed by atoms with Crippen LogP contribution >= 0.6 is 11.6 Å². The highest BCUT2D eigenvalue weighted by molar-refractivity contribution is 6.30. The fourth-order valence-corrected chi connectivity index (χ4v) is 4.15. The van der Waals surface area contributed by atoms with Crippen molar-refractivity contribution in [2.24, 2.45) is 5.92 Å². The van der Waals surface area contributed by atoms with Gasteiger partial charge in [0.25, 0.3) is 5.91 Å². The van der Waals surface area contributed by atoms with Gasteiger partial charge in [0.15, 0.2) is 11.6 Å². The van der Waals surface area contributed by atoms with Crippen molar-refractivity contribution in [2.45, 2.75) is 25.9 Å². The molecule has 0 saturated carbocycles. The van der Waals surface area contributed by atoms with Crippen LogP contribution in [0.1, 0.15) is 29.2 Å². The Labute approximate surface area is 186 Å². The minimum absolute atomic E-state index is 0.0598. The number of amides is 2. The van der Waals surface area contributed by atoms with Gasteiger partial charge in [-0.3, -0.25) is 9.59 Å². The van der Waals surface area contributed by atoms with Crippen LogP contribution < -0.4 is 4.74 Å². The van der Waals surface area contributed by atoms with Gasteiger partial charge in [0.1, 0.15) is 18.1 Å². The van der Waals surface area contributed by atoms with Crippen LogP contribution in [-0.4, -0.2) is 72.1 Å². The molecule has 2 fully saturated rings. The number of benzene rings is 1. The van der Waals surface area contributed by atoms with Crippen molar-refractivity contribution in [3.05, 3.63) is 47.1 Å². The van der Waals surface area contributed by atoms with Crippen LogP contribution in [0.4, 0.5) is 0 Å². The molecule has 2 aliphatic rings. The molecular weight excluding hydrogens is 422 g/mol. The first-order chi connectivity index (χ1) is 15.0. The summed E-state index contributed by atoms with van der Waals surface area (Å²) in [6.07, 6.45) is 2.11. The molecule has 0 N–H and O–H groups in total. The Morgan fingerprint density at radius 1 is 1.16 bits per heavy atom. The number of oxazole rings is 1. The SMILES string of the molecule is Cc1nc(C(=O)N2CC[C@H](Oc3ccc(Cl)cc3)[C@@H](CC(=O)N3CCOCC3)C2)co1. The molecule has 1 aromatic carbocycles. The molecule has 2 atom stereocenters. The van der Waals surface area contributed by atoms with Gasteiger partial charge in [-0.1, -0.05) is 11.6 Å². The highest BCUT2D eigenvalue weighted by Crippen LogP contribution is 2.28. The van der Waals surface area contributed by atoms with Crippen molar-refractivity contribution in [2.75, 3.05) is 39.4 Å². The lowest BCUT2D eigenvalue weighted by Crippen LogP contribution is -2.50. The van der Waals surface area contributed by atoms with Gasteiger partial charge in [-0.05, 0) is 24.3 Å². The number of aryl methyl sites for hydroxylation is 1. The molecule has 2 saturated heterocycles. The molecule has 4 rings (SSSR count). The summed E-state index contributed by atoms with van der Waals surface area (Å²) in [5.74, 6) is 0.875. The second kappa shape index (κ2) is 9.70. The van der Waals surface area contributed by atoms with E-state index in [0.29, 0.717) is 68.9 Å². The van der Waals surface area contributed by atoms with Crippen LogP contribution in [0.15, 0.2) is 34.9 Å². The van der Waals surface area contributed by atoms with E-state index in [-0.39, 0.29) is 29.5 Å². The summed E-state index contributed by atoms with van der Waals surface area (Å²) >= 11 is 5.98. The van der Waals surface area contributed by atoms with E-state index in [4.69, 9.17) is 25.5 Å². The Kier molecular flexibility index (Phi) is 6.77. The second-order valence-electron chi connectivity index (χ2n) is 7.86. The molecule has 0 bridgehead atoms. The highest BCUT2D eigenvalue weighted by Gasteiger charge is 2.36. The van der Waals surface area contributed by atoms with E-state index in [1.54, 1.807) is 24.0 Å². The molecule has 2 aliphatic heterocycles. The molecule has 31 heavy (non-hydrogen) atoms. The van der Waals surface area contributed by atoms with Gasteiger partial charge in [-0.2, -0.15) is 0 Å². The van der Waals surface area contributed by atoms with E-state index < -0.39 is 0 Å². The quantitative estimate of drug-likeness (QED) is 0.700. The van der Waals surface area contributed by atoms with Crippen molar-refractivity contribution < 1.29 is 23.5 Å². The van der Waals surface area contributed by atoms with E-state index in [1.165, 1.54) is 6.26 Å². The molecule has 2 amide bonds. The largest absolute Gasteiger partial charge is 0.490 e. The van der Waals surface area contributed by atoms with Gasteiger partial charge < -0.3 is 23.7 Å². The topological polar surface area (TPSA) is 85.1 Å². The minimum Gasteiger partial charge on any atom is -0.490 e. The van der Waals surface area contributed by atoms with E-state index in [0.717, 1.165) is 0 Å². The van der Waals surface area contributed by atoms with Crippen molar-refractivity contribution in [3.8, 4) is 5.75 Å². The van der Waals surface area contributed by atoms with Gasteiger partial charge in [0.05, 0.1) is 13.2 Å². The number of ether oxygens (including phenoxy) is 2. The summed E-state index contributed by atoms with van der Waals surface area (Å²) in [5.41, 5.74) is 0.285. The fraction of sp³-hybridized carbons (Fsp3) is 0.500. The van der Waals surface area contributed by atoms with E-state index in [2.05, 4.69) is 4.98 Å². The molecule has 9 heteroatoms. The Bertz CT molecular complexity index is 910. The number of aromatic nitrogens is 1. The molecule has 8 nitrogen and oxygen atoms in total. The van der Waals surface area contributed by atoms with Crippen molar-refractivity contribution in [1.82, 2.24) is 14.8 Å². The smallest absolute Gasteiger partial charge is 0.275 e. The minimum atomic E-state index is -0.189. The second-order valence-corrected chi connectivity index (χ2v) is 8.30. The summed E-state index contributed by atoms with van der Waals surface area (Å²) in [6.45, 7) is 4.93. The Balaban J connectivity index is 1.48. The van der Waals surface area contributed by atoms with Crippen LogP contribution in [0.2, 0.25) is 5.02 Å². The number of carbonyl (C=O) groups is 2. The maximum atomic E-state index is 12.9. The summed E-state index contributed by atoms with van der Waals surface area (Å²) < 4.78 is 16.8. The zero-order valence-electron chi connectivity index (χ0n) is 17.5. The summed E-state index contributed by atoms with van der Waals surface area (Å²) in [4.78, 5) is 33.5. The van der Waals surface area contributed by atoms with Crippen LogP contribution in [0.3, 0.4) is 0 Å². The zero-order valence-corrected chi connectivity index (χ0v) is 18.2. The van der Waals surface area contributed by atoms with Gasteiger partial charge >= 0.3 is 0 Å². The summed E-state index contributed by atoms with van der Waals surface area (Å²) in [7, 11) is 0. The Morgan fingerprint density at radius 3 is 2.58 bits per heavy atom. The first kappa shape index (κ1) is 21.6. The lowest BCUT2D eigenvalue weighted by atomic mass is 9.90. The number of nitrogens with zero attached hydrogens (tertiary/aromatic N) is 3. The predicted octanol–water partition coefficient (Wildman–Crippen LogP) is 2.80. The molecule has 0 radical (unpaired) electrons. The summed E-state index contributed by atoms with van der Waals surface area (Å²) in [5, 5.41) is 0.634. The molecule has 2 aromatic rings. The van der Waals surface area contributed by atoms with Gasteiger partial charge in [0.2, 0.25) is 5.91 Å². The molecular formula is C22H26ClN3O5. The van der Waals surface area contributed by atoms with Crippen molar-refractivity contribution in [1.29, 1.82) is 0 Å². The van der Waals surface area contributed by atoms with E-state index >= 15 is 0 Å². The van der Waals surface area contributed by atoms with E-state index in [1.807, 2.05) is 17.0 Å². The standard InChI is InChI=1S/C22H26ClN3O5/c1-15-24-19(14-30-15)22(28)26-7-6-20(31-18-4-2-17(23)3-5-18)16(13-26)12-21(27)25-8-10-29-11-9-25/h2-5,14,16,20H,6-13H2,1H3/t16-,20-/m0/s1. The highest BCUT2D eigenvalue weighted by atomic mass is 35.5. The lowest BCUT2D eigenvalue weighted by molar-refractivity contribution is -0.137. The first-order valence-electron chi connectivity index (χ1n) is 10.5. The third kappa shape index (κ3) is 5.37. The fourth-order valence-electron chi connectivity index (χ4n) is 4.02. The van der Waals surface area contributed by atoms with Crippen LogP contribution in [0, 0.1) is 12.8 Å². The number of hydrogen-bond donors (Lipinski definition) is 0. The predicted molar refractivity (Wildman–Crippen MR) is 113 cm³/mol. The van der Waals surface area contributed by atoms with Crippen LogP contribution in [0.25, 0.3) is 0 Å². The number of morpholine rings is 1. The number of carbonyl (C=O) groups excluding carboxylic acids is 2. The van der Waals surface area contributed by atoms with Gasteiger partial charge in [-0.15, -0.1) is 0 Å². The van der Waals surface area contributed by atoms with Gasteiger partial charge in [0, 0.05) is 56.9 Å². The molecule has 166 valence electrons. The lowest BCUT2D eigenvalue weighted by Gasteiger charge is -2.39. The average Bonchev–Trinajstić information content (AvgIpc) is 3.22. The summed E-state index contributed by atoms with van der Waals surface area (Å²) in [6, 6.07) is 7.18. The maximum Gasteiger partial charge on any atom is 0.275 e. The monoisotopic (exact) mass is 447 g/mol. The third-order valence-electron chi connectivity index (χ3n) is 5.69. The van der Waals surface area contributed by atoms with Crippen LogP contribution in [-0.2, 0) is 9.53 Å². The van der Waals surface area contributed by atoms with Crippen molar-refractivity contribution >= 4 is 23.4 Å².